The van der Waals surface area contributed by atoms with Crippen LogP contribution in [0.25, 0.3) is 0 Å². The highest BCUT2D eigenvalue weighted by Crippen LogP contribution is 2.23. The minimum Gasteiger partial charge on any atom is -0.360 e. The highest BCUT2D eigenvalue weighted by molar-refractivity contribution is 7.89. The van der Waals surface area contributed by atoms with Crippen LogP contribution in [-0.4, -0.2) is 43.5 Å². The SMILES string of the molecule is Cc1noc(C)c1S(=O)(=O)NC1CCN(C(=O)c2ccccc2Cl)CC1. The second kappa shape index (κ2) is 7.38. The molecule has 140 valence electrons. The van der Waals surface area contributed by atoms with Gasteiger partial charge < -0.3 is 9.42 Å². The molecule has 2 heterocycles. The van der Waals surface area contributed by atoms with Crippen LogP contribution in [0.2, 0.25) is 5.02 Å². The summed E-state index contributed by atoms with van der Waals surface area (Å²) in [6, 6.07) is 6.67. The van der Waals surface area contributed by atoms with Gasteiger partial charge in [-0.2, -0.15) is 0 Å². The van der Waals surface area contributed by atoms with Crippen molar-refractivity contribution in [1.29, 1.82) is 0 Å². The molecule has 1 aliphatic heterocycles. The number of carbonyl (C=O) groups excluding carboxylic acids is 1. The predicted octanol–water partition coefficient (Wildman–Crippen LogP) is 2.53. The van der Waals surface area contributed by atoms with Gasteiger partial charge in [-0.3, -0.25) is 4.79 Å². The highest BCUT2D eigenvalue weighted by atomic mass is 35.5. The molecular weight excluding hydrogens is 378 g/mol. The zero-order valence-electron chi connectivity index (χ0n) is 14.5. The maximum atomic E-state index is 12.6. The van der Waals surface area contributed by atoms with E-state index in [1.54, 1.807) is 43.0 Å². The molecule has 1 aliphatic rings. The van der Waals surface area contributed by atoms with E-state index in [9.17, 15) is 13.2 Å². The number of aromatic nitrogens is 1. The molecular formula is C17H20ClN3O4S. The van der Waals surface area contributed by atoms with Crippen molar-refractivity contribution in [3.63, 3.8) is 0 Å². The molecule has 0 spiro atoms. The number of nitrogens with one attached hydrogen (secondary N) is 1. The first-order valence-electron chi connectivity index (χ1n) is 8.28. The zero-order chi connectivity index (χ0) is 18.9. The summed E-state index contributed by atoms with van der Waals surface area (Å²) in [4.78, 5) is 14.4. The third kappa shape index (κ3) is 3.77. The number of halogens is 1. The van der Waals surface area contributed by atoms with Gasteiger partial charge in [0.05, 0.1) is 10.6 Å². The lowest BCUT2D eigenvalue weighted by Gasteiger charge is -2.32. The number of rotatable bonds is 4. The van der Waals surface area contributed by atoms with Gasteiger partial charge in [0.15, 0.2) is 5.76 Å². The van der Waals surface area contributed by atoms with E-state index in [1.165, 1.54) is 0 Å². The van der Waals surface area contributed by atoms with Crippen LogP contribution in [-0.2, 0) is 10.0 Å². The summed E-state index contributed by atoms with van der Waals surface area (Å²) in [6.45, 7) is 4.08. The maximum Gasteiger partial charge on any atom is 0.255 e. The maximum absolute atomic E-state index is 12.6. The number of carbonyl (C=O) groups is 1. The summed E-state index contributed by atoms with van der Waals surface area (Å²) in [6.07, 6.45) is 1.05. The fourth-order valence-corrected chi connectivity index (χ4v) is 4.99. The molecule has 0 aliphatic carbocycles. The van der Waals surface area contributed by atoms with Crippen LogP contribution in [0.4, 0.5) is 0 Å². The summed E-state index contributed by atoms with van der Waals surface area (Å²) >= 11 is 6.09. The van der Waals surface area contributed by atoms with Crippen LogP contribution in [0, 0.1) is 13.8 Å². The largest absolute Gasteiger partial charge is 0.360 e. The molecule has 0 unspecified atom stereocenters. The molecule has 0 radical (unpaired) electrons. The van der Waals surface area contributed by atoms with Crippen molar-refractivity contribution in [2.75, 3.05) is 13.1 Å². The van der Waals surface area contributed by atoms with Crippen LogP contribution in [0.15, 0.2) is 33.7 Å². The lowest BCUT2D eigenvalue weighted by atomic mass is 10.0. The number of amides is 1. The van der Waals surface area contributed by atoms with Gasteiger partial charge in [0.1, 0.15) is 10.6 Å². The molecule has 1 saturated heterocycles. The minimum atomic E-state index is -3.71. The lowest BCUT2D eigenvalue weighted by Crippen LogP contribution is -2.46. The Morgan fingerprint density at radius 3 is 2.50 bits per heavy atom. The van der Waals surface area contributed by atoms with Gasteiger partial charge in [-0.15, -0.1) is 0 Å². The van der Waals surface area contributed by atoms with E-state index in [0.717, 1.165) is 0 Å². The number of hydrogen-bond donors (Lipinski definition) is 1. The fraction of sp³-hybridized carbons (Fsp3) is 0.412. The number of benzene rings is 1. The van der Waals surface area contributed by atoms with Gasteiger partial charge in [-0.25, -0.2) is 13.1 Å². The summed E-state index contributed by atoms with van der Waals surface area (Å²) < 4.78 is 32.8. The smallest absolute Gasteiger partial charge is 0.255 e. The molecule has 1 aromatic heterocycles. The standard InChI is InChI=1S/C17H20ClN3O4S/c1-11-16(12(2)25-19-11)26(23,24)20-13-7-9-21(10-8-13)17(22)14-5-3-4-6-15(14)18/h3-6,13,20H,7-10H2,1-2H3. The number of likely N-dealkylation sites (tertiary alicyclic amines) is 1. The van der Waals surface area contributed by atoms with Crippen LogP contribution < -0.4 is 4.72 Å². The van der Waals surface area contributed by atoms with Crippen molar-refractivity contribution in [1.82, 2.24) is 14.8 Å². The van der Waals surface area contributed by atoms with E-state index in [0.29, 0.717) is 42.2 Å². The molecule has 3 rings (SSSR count). The molecule has 9 heteroatoms. The molecule has 0 bridgehead atoms. The van der Waals surface area contributed by atoms with Gasteiger partial charge in [-0.1, -0.05) is 28.9 Å². The summed E-state index contributed by atoms with van der Waals surface area (Å²) in [5, 5.41) is 4.11. The first-order valence-corrected chi connectivity index (χ1v) is 10.1. The number of sulfonamides is 1. The predicted molar refractivity (Wildman–Crippen MR) is 96.7 cm³/mol. The second-order valence-corrected chi connectivity index (χ2v) is 8.38. The Kier molecular flexibility index (Phi) is 5.36. The summed E-state index contributed by atoms with van der Waals surface area (Å²) in [7, 11) is -3.71. The monoisotopic (exact) mass is 397 g/mol. The van der Waals surface area contributed by atoms with Crippen LogP contribution in [0.1, 0.15) is 34.7 Å². The Labute approximate surface area is 157 Å². The van der Waals surface area contributed by atoms with Gasteiger partial charge in [0, 0.05) is 19.1 Å². The Bertz CT molecular complexity index is 898. The van der Waals surface area contributed by atoms with Gasteiger partial charge in [0.25, 0.3) is 5.91 Å². The molecule has 1 N–H and O–H groups in total. The van der Waals surface area contributed by atoms with Crippen LogP contribution in [0.3, 0.4) is 0 Å². The third-order valence-electron chi connectivity index (χ3n) is 4.44. The molecule has 1 aromatic carbocycles. The number of aryl methyl sites for hydroxylation is 2. The summed E-state index contributed by atoms with van der Waals surface area (Å²) in [5.74, 6) is 0.129. The van der Waals surface area contributed by atoms with E-state index >= 15 is 0 Å². The first kappa shape index (κ1) is 18.9. The van der Waals surface area contributed by atoms with Gasteiger partial charge in [-0.05, 0) is 38.8 Å². The number of piperidine rings is 1. The van der Waals surface area contributed by atoms with Crippen molar-refractivity contribution in [3.8, 4) is 0 Å². The summed E-state index contributed by atoms with van der Waals surface area (Å²) in [5.41, 5.74) is 0.797. The topological polar surface area (TPSA) is 92.5 Å². The van der Waals surface area contributed by atoms with Gasteiger partial charge in [0.2, 0.25) is 10.0 Å². The van der Waals surface area contributed by atoms with Crippen molar-refractivity contribution in [2.45, 2.75) is 37.6 Å². The normalized spacial score (nSPS) is 16.0. The van der Waals surface area contributed by atoms with E-state index in [2.05, 4.69) is 9.88 Å². The lowest BCUT2D eigenvalue weighted by molar-refractivity contribution is 0.0711. The van der Waals surface area contributed by atoms with Crippen LogP contribution >= 0.6 is 11.6 Å². The number of hydrogen-bond acceptors (Lipinski definition) is 5. The Balaban J connectivity index is 1.64. The highest BCUT2D eigenvalue weighted by Gasteiger charge is 2.30. The Morgan fingerprint density at radius 1 is 1.27 bits per heavy atom. The molecule has 1 amide bonds. The first-order chi connectivity index (χ1) is 12.3. The van der Waals surface area contributed by atoms with Gasteiger partial charge >= 0.3 is 0 Å². The molecule has 26 heavy (non-hydrogen) atoms. The molecule has 1 fully saturated rings. The molecule has 2 aromatic rings. The quantitative estimate of drug-likeness (QED) is 0.855. The average molecular weight is 398 g/mol. The Hall–Kier alpha value is -1.90. The fourth-order valence-electron chi connectivity index (χ4n) is 3.14. The van der Waals surface area contributed by atoms with Crippen molar-refractivity contribution in [2.24, 2.45) is 0 Å². The Morgan fingerprint density at radius 2 is 1.92 bits per heavy atom. The van der Waals surface area contributed by atoms with Crippen molar-refractivity contribution in [3.05, 3.63) is 46.3 Å². The molecule has 7 nitrogen and oxygen atoms in total. The third-order valence-corrected chi connectivity index (χ3v) is 6.54. The average Bonchev–Trinajstić information content (AvgIpc) is 2.94. The van der Waals surface area contributed by atoms with E-state index in [-0.39, 0.29) is 22.6 Å². The second-order valence-electron chi connectivity index (χ2n) is 6.32. The van der Waals surface area contributed by atoms with E-state index in [1.807, 2.05) is 0 Å². The van der Waals surface area contributed by atoms with Crippen molar-refractivity contribution >= 4 is 27.5 Å². The molecule has 0 atom stereocenters. The van der Waals surface area contributed by atoms with E-state index < -0.39 is 10.0 Å². The van der Waals surface area contributed by atoms with Crippen LogP contribution in [0.5, 0.6) is 0 Å². The van der Waals surface area contributed by atoms with Crippen molar-refractivity contribution < 1.29 is 17.7 Å². The zero-order valence-corrected chi connectivity index (χ0v) is 16.1. The molecule has 0 saturated carbocycles. The van der Waals surface area contributed by atoms with E-state index in [4.69, 9.17) is 16.1 Å². The number of nitrogens with zero attached hydrogens (tertiary/aromatic N) is 2. The minimum absolute atomic E-state index is 0.0899.